The van der Waals surface area contributed by atoms with Gasteiger partial charge in [0, 0.05) is 0 Å². The number of unbranched alkanes of at least 4 members (excludes halogenated alkanes) is 1. The summed E-state index contributed by atoms with van der Waals surface area (Å²) in [6.45, 7) is 6.43. The average Bonchev–Trinajstić information content (AvgIpc) is 1.63. The number of allylic oxidation sites excluding steroid dienone is 1. The van der Waals surface area contributed by atoms with E-state index in [9.17, 15) is 0 Å². The molecule has 0 fully saturated rings. The Balaban J connectivity index is 3.45. The third kappa shape index (κ3) is 8.25. The predicted molar refractivity (Wildman–Crippen MR) is 47.4 cm³/mol. The van der Waals surface area contributed by atoms with Crippen LogP contribution in [0.3, 0.4) is 0 Å². The maximum Gasteiger partial charge on any atom is 0.173 e. The third-order valence-electron chi connectivity index (χ3n) is 0.970. The molecule has 9 heavy (non-hydrogen) atoms. The zero-order valence-corrected chi connectivity index (χ0v) is 8.20. The minimum atomic E-state index is -1.40. The Morgan fingerprint density at radius 1 is 1.44 bits per heavy atom. The molecule has 0 saturated heterocycles. The van der Waals surface area contributed by atoms with Crippen LogP contribution >= 0.6 is 11.1 Å². The minimum Gasteiger partial charge on any atom is -0.162 e. The molecule has 2 heteroatoms. The Labute approximate surface area is 63.6 Å². The molecule has 0 unspecified atom stereocenters. The summed E-state index contributed by atoms with van der Waals surface area (Å²) in [4.78, 5) is 0. The molecule has 0 atom stereocenters. The lowest BCUT2D eigenvalue weighted by molar-refractivity contribution is 0.960. The van der Waals surface area contributed by atoms with Crippen molar-refractivity contribution in [3.8, 4) is 0 Å². The average molecular weight is 163 g/mol. The first-order valence-electron chi connectivity index (χ1n) is 3.43. The van der Waals surface area contributed by atoms with Gasteiger partial charge >= 0.3 is 0 Å². The summed E-state index contributed by atoms with van der Waals surface area (Å²) < 4.78 is 0. The Morgan fingerprint density at radius 2 is 2.00 bits per heavy atom. The van der Waals surface area contributed by atoms with E-state index < -0.39 is 7.38 Å². The summed E-state index contributed by atoms with van der Waals surface area (Å²) in [7, 11) is -1.40. The SMILES string of the molecule is CCCC=C[Si](C)(C)Cl. The van der Waals surface area contributed by atoms with Gasteiger partial charge in [0.05, 0.1) is 0 Å². The molecule has 0 rings (SSSR count). The molecule has 0 nitrogen and oxygen atoms in total. The van der Waals surface area contributed by atoms with Crippen molar-refractivity contribution >= 4 is 18.5 Å². The smallest absolute Gasteiger partial charge is 0.162 e. The number of halogens is 1. The van der Waals surface area contributed by atoms with Crippen molar-refractivity contribution in [1.29, 1.82) is 0 Å². The number of hydrogen-bond donors (Lipinski definition) is 0. The van der Waals surface area contributed by atoms with Gasteiger partial charge in [-0.15, -0.1) is 0 Å². The van der Waals surface area contributed by atoms with Gasteiger partial charge < -0.3 is 0 Å². The molecule has 0 aromatic heterocycles. The van der Waals surface area contributed by atoms with Gasteiger partial charge in [-0.1, -0.05) is 38.2 Å². The molecule has 0 spiro atoms. The number of rotatable bonds is 3. The van der Waals surface area contributed by atoms with Crippen LogP contribution in [0.15, 0.2) is 11.8 Å². The van der Waals surface area contributed by atoms with Crippen molar-refractivity contribution in [3.05, 3.63) is 11.8 Å². The zero-order chi connectivity index (χ0) is 7.33. The minimum absolute atomic E-state index is 1.17. The quantitative estimate of drug-likeness (QED) is 0.441. The largest absolute Gasteiger partial charge is 0.173 e. The fourth-order valence-electron chi connectivity index (χ4n) is 0.530. The van der Waals surface area contributed by atoms with E-state index in [-0.39, 0.29) is 0 Å². The van der Waals surface area contributed by atoms with Crippen LogP contribution in [-0.2, 0) is 0 Å². The van der Waals surface area contributed by atoms with Crippen LogP contribution in [0.4, 0.5) is 0 Å². The highest BCUT2D eigenvalue weighted by atomic mass is 35.6. The Morgan fingerprint density at radius 3 is 2.33 bits per heavy atom. The van der Waals surface area contributed by atoms with Crippen molar-refractivity contribution < 1.29 is 0 Å². The van der Waals surface area contributed by atoms with Gasteiger partial charge in [-0.2, -0.15) is 11.1 Å². The maximum atomic E-state index is 6.02. The van der Waals surface area contributed by atoms with Crippen LogP contribution < -0.4 is 0 Å². The van der Waals surface area contributed by atoms with Crippen molar-refractivity contribution in [2.24, 2.45) is 0 Å². The van der Waals surface area contributed by atoms with Gasteiger partial charge in [0.25, 0.3) is 0 Å². The fraction of sp³-hybridized carbons (Fsp3) is 0.714. The van der Waals surface area contributed by atoms with Crippen LogP contribution in [0.25, 0.3) is 0 Å². The van der Waals surface area contributed by atoms with Crippen LogP contribution in [0.5, 0.6) is 0 Å². The molecule has 0 amide bonds. The van der Waals surface area contributed by atoms with Gasteiger partial charge in [0.1, 0.15) is 0 Å². The monoisotopic (exact) mass is 162 g/mol. The summed E-state index contributed by atoms with van der Waals surface area (Å²) in [6, 6.07) is 0. The van der Waals surface area contributed by atoms with Gasteiger partial charge in [0.2, 0.25) is 0 Å². The van der Waals surface area contributed by atoms with E-state index in [1.54, 1.807) is 0 Å². The van der Waals surface area contributed by atoms with Gasteiger partial charge in [-0.25, -0.2) is 0 Å². The summed E-state index contributed by atoms with van der Waals surface area (Å²) in [5, 5.41) is 0. The molecule has 0 heterocycles. The molecular weight excluding hydrogens is 148 g/mol. The van der Waals surface area contributed by atoms with E-state index in [0.29, 0.717) is 0 Å². The van der Waals surface area contributed by atoms with Crippen molar-refractivity contribution in [2.45, 2.75) is 32.9 Å². The summed E-state index contributed by atoms with van der Waals surface area (Å²) >= 11 is 6.02. The zero-order valence-electron chi connectivity index (χ0n) is 6.45. The van der Waals surface area contributed by atoms with E-state index in [1.807, 2.05) is 0 Å². The second kappa shape index (κ2) is 4.12. The van der Waals surface area contributed by atoms with E-state index in [0.717, 1.165) is 0 Å². The molecular formula is C7H15ClSi. The van der Waals surface area contributed by atoms with Crippen LogP contribution in [0.1, 0.15) is 19.8 Å². The lowest BCUT2D eigenvalue weighted by atomic mass is 10.3. The standard InChI is InChI=1S/C7H15ClSi/c1-4-5-6-7-9(2,3)8/h6-7H,4-5H2,1-3H3. The first-order valence-corrected chi connectivity index (χ1v) is 7.52. The molecule has 0 saturated carbocycles. The molecule has 0 aliphatic rings. The topological polar surface area (TPSA) is 0 Å². The molecule has 0 radical (unpaired) electrons. The highest BCUT2D eigenvalue weighted by molar-refractivity contribution is 7.21. The van der Waals surface area contributed by atoms with Crippen LogP contribution in [-0.4, -0.2) is 7.38 Å². The summed E-state index contributed by atoms with van der Waals surface area (Å²) in [5.41, 5.74) is 2.18. The summed E-state index contributed by atoms with van der Waals surface area (Å²) in [6.07, 6.45) is 4.58. The van der Waals surface area contributed by atoms with E-state index >= 15 is 0 Å². The normalized spacial score (nSPS) is 12.9. The van der Waals surface area contributed by atoms with Crippen molar-refractivity contribution in [3.63, 3.8) is 0 Å². The first kappa shape index (κ1) is 9.25. The fourth-order valence-corrected chi connectivity index (χ4v) is 1.52. The summed E-state index contributed by atoms with van der Waals surface area (Å²) in [5.74, 6) is 0. The van der Waals surface area contributed by atoms with Gasteiger partial charge in [-0.05, 0) is 6.42 Å². The Bertz CT molecular complexity index is 91.6. The molecule has 0 N–H and O–H groups in total. The van der Waals surface area contributed by atoms with E-state index in [4.69, 9.17) is 11.1 Å². The molecule has 0 aromatic carbocycles. The molecule has 0 aliphatic carbocycles. The highest BCUT2D eigenvalue weighted by Crippen LogP contribution is 2.09. The van der Waals surface area contributed by atoms with Gasteiger partial charge in [-0.3, -0.25) is 0 Å². The Hall–Kier alpha value is 0.247. The Kier molecular flexibility index (Phi) is 4.24. The van der Waals surface area contributed by atoms with E-state index in [2.05, 4.69) is 31.8 Å². The second-order valence-corrected chi connectivity index (χ2v) is 9.14. The van der Waals surface area contributed by atoms with Crippen LogP contribution in [0, 0.1) is 0 Å². The maximum absolute atomic E-state index is 6.02. The van der Waals surface area contributed by atoms with Crippen molar-refractivity contribution in [1.82, 2.24) is 0 Å². The van der Waals surface area contributed by atoms with Gasteiger partial charge in [0.15, 0.2) is 7.38 Å². The van der Waals surface area contributed by atoms with Crippen LogP contribution in [0.2, 0.25) is 13.1 Å². The molecule has 54 valence electrons. The highest BCUT2D eigenvalue weighted by Gasteiger charge is 2.09. The lowest BCUT2D eigenvalue weighted by Crippen LogP contribution is -2.11. The van der Waals surface area contributed by atoms with Crippen molar-refractivity contribution in [2.75, 3.05) is 0 Å². The third-order valence-corrected chi connectivity index (χ3v) is 2.38. The second-order valence-electron chi connectivity index (χ2n) is 2.76. The molecule has 0 bridgehead atoms. The lowest BCUT2D eigenvalue weighted by Gasteiger charge is -2.03. The van der Waals surface area contributed by atoms with E-state index in [1.165, 1.54) is 12.8 Å². The molecule has 0 aromatic rings. The first-order chi connectivity index (χ1) is 4.06. The molecule has 0 aliphatic heterocycles. The predicted octanol–water partition coefficient (Wildman–Crippen LogP) is 3.33. The number of hydrogen-bond acceptors (Lipinski definition) is 0.